The van der Waals surface area contributed by atoms with Crippen LogP contribution in [0.1, 0.15) is 63.5 Å². The summed E-state index contributed by atoms with van der Waals surface area (Å²) < 4.78 is 11.2. The molecule has 0 bridgehead atoms. The Morgan fingerprint density at radius 1 is 0.972 bits per heavy atom. The molecule has 2 aromatic carbocycles. The highest BCUT2D eigenvalue weighted by Crippen LogP contribution is 2.38. The molecule has 2 amide bonds. The lowest BCUT2D eigenvalue weighted by Crippen LogP contribution is -2.55. The molecule has 2 N–H and O–H groups in total. The summed E-state index contributed by atoms with van der Waals surface area (Å²) in [6, 6.07) is 21.9. The van der Waals surface area contributed by atoms with Crippen molar-refractivity contribution in [3.05, 3.63) is 71.8 Å². The van der Waals surface area contributed by atoms with Crippen molar-refractivity contribution in [2.45, 2.75) is 76.2 Å². The number of rotatable bonds is 9. The fourth-order valence-electron chi connectivity index (χ4n) is 5.74. The highest BCUT2D eigenvalue weighted by atomic mass is 16.7. The zero-order chi connectivity index (χ0) is 25.4. The standard InChI is InChI=1S/C30H39N3O3/c1-22(2)19-27(30(21-31,24-9-5-3-6-10-24)25-11-7-4-8-12-25)33-29(34)32-26-15-13-23(14-16-26)20-28-35-17-18-36-28/h3-12,22-23,26-28H,13-20H2,1-2H3,(H2,32,33,34). The van der Waals surface area contributed by atoms with Gasteiger partial charge in [0.1, 0.15) is 5.41 Å². The second-order valence-electron chi connectivity index (χ2n) is 10.6. The van der Waals surface area contributed by atoms with Gasteiger partial charge >= 0.3 is 6.03 Å². The van der Waals surface area contributed by atoms with Crippen LogP contribution >= 0.6 is 0 Å². The van der Waals surface area contributed by atoms with Crippen molar-refractivity contribution in [2.24, 2.45) is 11.8 Å². The molecule has 1 heterocycles. The predicted octanol–water partition coefficient (Wildman–Crippen LogP) is 5.53. The highest BCUT2D eigenvalue weighted by molar-refractivity contribution is 5.75. The molecule has 6 heteroatoms. The minimum Gasteiger partial charge on any atom is -0.350 e. The molecule has 1 aliphatic carbocycles. The van der Waals surface area contributed by atoms with Gasteiger partial charge in [0.05, 0.1) is 25.3 Å². The molecule has 1 aliphatic heterocycles. The van der Waals surface area contributed by atoms with Gasteiger partial charge in [-0.05, 0) is 55.1 Å². The Kier molecular flexibility index (Phi) is 9.01. The van der Waals surface area contributed by atoms with Crippen LogP contribution in [-0.2, 0) is 14.9 Å². The molecule has 1 saturated heterocycles. The topological polar surface area (TPSA) is 83.4 Å². The number of nitriles is 1. The number of urea groups is 1. The van der Waals surface area contributed by atoms with Gasteiger partial charge < -0.3 is 20.1 Å². The SMILES string of the molecule is CC(C)CC(NC(=O)NC1CCC(CC2OCCO2)CC1)C(C#N)(c1ccccc1)c1ccccc1. The van der Waals surface area contributed by atoms with Gasteiger partial charge in [-0.15, -0.1) is 0 Å². The average Bonchev–Trinajstić information content (AvgIpc) is 3.40. The Hall–Kier alpha value is -2.88. The minimum absolute atomic E-state index is 0.0605. The Bertz CT molecular complexity index is 952. The zero-order valence-electron chi connectivity index (χ0n) is 21.5. The Morgan fingerprint density at radius 3 is 2.03 bits per heavy atom. The first kappa shape index (κ1) is 26.2. The van der Waals surface area contributed by atoms with Crippen molar-refractivity contribution in [3.8, 4) is 6.07 Å². The van der Waals surface area contributed by atoms with Gasteiger partial charge in [0, 0.05) is 12.5 Å². The summed E-state index contributed by atoms with van der Waals surface area (Å²) >= 11 is 0. The number of hydrogen-bond acceptors (Lipinski definition) is 4. The second-order valence-corrected chi connectivity index (χ2v) is 10.6. The molecule has 1 saturated carbocycles. The molecular weight excluding hydrogens is 450 g/mol. The fraction of sp³-hybridized carbons (Fsp3) is 0.533. The van der Waals surface area contributed by atoms with E-state index in [-0.39, 0.29) is 24.4 Å². The molecule has 1 atom stereocenters. The summed E-state index contributed by atoms with van der Waals surface area (Å²) in [7, 11) is 0. The van der Waals surface area contributed by atoms with Gasteiger partial charge in [-0.2, -0.15) is 5.26 Å². The first-order valence-corrected chi connectivity index (χ1v) is 13.3. The molecule has 2 aromatic rings. The van der Waals surface area contributed by atoms with Crippen LogP contribution < -0.4 is 10.6 Å². The molecule has 0 radical (unpaired) electrons. The summed E-state index contributed by atoms with van der Waals surface area (Å²) in [5.41, 5.74) is 0.784. The van der Waals surface area contributed by atoms with Crippen LogP contribution in [0.4, 0.5) is 4.79 Å². The summed E-state index contributed by atoms with van der Waals surface area (Å²) in [6.45, 7) is 5.64. The van der Waals surface area contributed by atoms with Gasteiger partial charge in [-0.3, -0.25) is 0 Å². The molecule has 192 valence electrons. The van der Waals surface area contributed by atoms with Gasteiger partial charge in [0.2, 0.25) is 0 Å². The number of nitrogens with one attached hydrogen (secondary N) is 2. The summed E-state index contributed by atoms with van der Waals surface area (Å²) in [5.74, 6) is 0.871. The van der Waals surface area contributed by atoms with E-state index in [1.165, 1.54) is 0 Å². The quantitative estimate of drug-likeness (QED) is 0.485. The van der Waals surface area contributed by atoms with E-state index in [9.17, 15) is 10.1 Å². The van der Waals surface area contributed by atoms with E-state index in [1.54, 1.807) is 0 Å². The lowest BCUT2D eigenvalue weighted by atomic mass is 9.68. The van der Waals surface area contributed by atoms with Gasteiger partial charge in [-0.25, -0.2) is 4.79 Å². The largest absolute Gasteiger partial charge is 0.350 e. The maximum Gasteiger partial charge on any atom is 0.315 e. The molecule has 4 rings (SSSR count). The lowest BCUT2D eigenvalue weighted by Gasteiger charge is -2.38. The third-order valence-electron chi connectivity index (χ3n) is 7.57. The number of hydrogen-bond donors (Lipinski definition) is 2. The van der Waals surface area contributed by atoms with Crippen LogP contribution in [0, 0.1) is 23.2 Å². The van der Waals surface area contributed by atoms with E-state index < -0.39 is 5.41 Å². The maximum absolute atomic E-state index is 13.3. The van der Waals surface area contributed by atoms with Crippen molar-refractivity contribution >= 4 is 6.03 Å². The molecule has 2 fully saturated rings. The van der Waals surface area contributed by atoms with Crippen LogP contribution in [0.2, 0.25) is 0 Å². The van der Waals surface area contributed by atoms with Crippen LogP contribution in [-0.4, -0.2) is 37.6 Å². The molecule has 36 heavy (non-hydrogen) atoms. The van der Waals surface area contributed by atoms with Gasteiger partial charge in [0.15, 0.2) is 6.29 Å². The third-order valence-corrected chi connectivity index (χ3v) is 7.57. The summed E-state index contributed by atoms with van der Waals surface area (Å²) in [4.78, 5) is 13.3. The number of carbonyl (C=O) groups is 1. The Morgan fingerprint density at radius 2 is 1.53 bits per heavy atom. The summed E-state index contributed by atoms with van der Waals surface area (Å²) in [5, 5.41) is 17.2. The maximum atomic E-state index is 13.3. The Balaban J connectivity index is 1.48. The van der Waals surface area contributed by atoms with Gasteiger partial charge in [0.25, 0.3) is 0 Å². The lowest BCUT2D eigenvalue weighted by molar-refractivity contribution is -0.0601. The molecule has 6 nitrogen and oxygen atoms in total. The van der Waals surface area contributed by atoms with Crippen LogP contribution in [0.15, 0.2) is 60.7 Å². The van der Waals surface area contributed by atoms with Crippen molar-refractivity contribution in [2.75, 3.05) is 13.2 Å². The van der Waals surface area contributed by atoms with Crippen molar-refractivity contribution < 1.29 is 14.3 Å². The molecule has 0 aromatic heterocycles. The van der Waals surface area contributed by atoms with E-state index in [4.69, 9.17) is 9.47 Å². The predicted molar refractivity (Wildman–Crippen MR) is 140 cm³/mol. The molecular formula is C30H39N3O3. The van der Waals surface area contributed by atoms with Crippen molar-refractivity contribution in [3.63, 3.8) is 0 Å². The first-order valence-electron chi connectivity index (χ1n) is 13.3. The second kappa shape index (κ2) is 12.4. The van der Waals surface area contributed by atoms with E-state index in [2.05, 4.69) is 30.6 Å². The normalized spacial score (nSPS) is 21.6. The van der Waals surface area contributed by atoms with Crippen LogP contribution in [0.25, 0.3) is 0 Å². The summed E-state index contributed by atoms with van der Waals surface area (Å²) in [6.07, 6.45) is 5.56. The molecule has 1 unspecified atom stereocenters. The first-order chi connectivity index (χ1) is 17.5. The number of benzene rings is 2. The van der Waals surface area contributed by atoms with E-state index in [1.807, 2.05) is 60.7 Å². The number of ether oxygens (including phenoxy) is 2. The smallest absolute Gasteiger partial charge is 0.315 e. The minimum atomic E-state index is -0.997. The fourth-order valence-corrected chi connectivity index (χ4v) is 5.74. The highest BCUT2D eigenvalue weighted by Gasteiger charge is 2.44. The van der Waals surface area contributed by atoms with Gasteiger partial charge in [-0.1, -0.05) is 74.5 Å². The van der Waals surface area contributed by atoms with Crippen molar-refractivity contribution in [1.29, 1.82) is 5.26 Å². The molecule has 2 aliphatic rings. The Labute approximate surface area is 215 Å². The number of amides is 2. The number of nitrogens with zero attached hydrogens (tertiary/aromatic N) is 1. The number of carbonyl (C=O) groups excluding carboxylic acids is 1. The van der Waals surface area contributed by atoms with E-state index in [0.717, 1.165) is 43.2 Å². The monoisotopic (exact) mass is 489 g/mol. The van der Waals surface area contributed by atoms with Crippen molar-refractivity contribution in [1.82, 2.24) is 10.6 Å². The zero-order valence-corrected chi connectivity index (χ0v) is 21.5. The van der Waals surface area contributed by atoms with E-state index in [0.29, 0.717) is 31.5 Å². The molecule has 0 spiro atoms. The van der Waals surface area contributed by atoms with Crippen LogP contribution in [0.5, 0.6) is 0 Å². The average molecular weight is 490 g/mol. The third kappa shape index (κ3) is 6.27. The van der Waals surface area contributed by atoms with Crippen LogP contribution in [0.3, 0.4) is 0 Å². The van der Waals surface area contributed by atoms with E-state index >= 15 is 0 Å².